The first-order valence-corrected chi connectivity index (χ1v) is 7.58. The molecule has 1 aromatic rings. The van der Waals surface area contributed by atoms with Crippen molar-refractivity contribution in [1.29, 1.82) is 0 Å². The molecule has 0 amide bonds. The van der Waals surface area contributed by atoms with Crippen LogP contribution in [0.5, 0.6) is 5.75 Å². The summed E-state index contributed by atoms with van der Waals surface area (Å²) in [5.74, 6) is 0.650. The molecule has 0 spiro atoms. The molecule has 21 heavy (non-hydrogen) atoms. The van der Waals surface area contributed by atoms with Gasteiger partial charge in [0.1, 0.15) is 11.6 Å². The zero-order valence-corrected chi connectivity index (χ0v) is 13.1. The summed E-state index contributed by atoms with van der Waals surface area (Å²) in [6.07, 6.45) is 4.75. The summed E-state index contributed by atoms with van der Waals surface area (Å²) in [6.45, 7) is 2.56. The SMILES string of the molecule is COc1ccc(F)cc1C(=O)CN(C)C1CCCC(C)C1. The lowest BCUT2D eigenvalue weighted by Gasteiger charge is -2.33. The zero-order chi connectivity index (χ0) is 15.4. The third-order valence-electron chi connectivity index (χ3n) is 4.39. The van der Waals surface area contributed by atoms with Crippen LogP contribution in [-0.2, 0) is 0 Å². The predicted molar refractivity (Wildman–Crippen MR) is 81.3 cm³/mol. The summed E-state index contributed by atoms with van der Waals surface area (Å²) >= 11 is 0. The predicted octanol–water partition coefficient (Wildman–Crippen LogP) is 3.53. The van der Waals surface area contributed by atoms with E-state index in [0.29, 0.717) is 29.8 Å². The molecule has 0 heterocycles. The number of carbonyl (C=O) groups is 1. The topological polar surface area (TPSA) is 29.5 Å². The highest BCUT2D eigenvalue weighted by atomic mass is 19.1. The van der Waals surface area contributed by atoms with Crippen molar-refractivity contribution >= 4 is 5.78 Å². The molecule has 2 rings (SSSR count). The molecule has 0 bridgehead atoms. The average molecular weight is 293 g/mol. The quantitative estimate of drug-likeness (QED) is 0.778. The number of Topliss-reactive ketones (excluding diaryl/α,β-unsaturated/α-hetero) is 1. The number of likely N-dealkylation sites (N-methyl/N-ethyl adjacent to an activating group) is 1. The molecule has 3 nitrogen and oxygen atoms in total. The van der Waals surface area contributed by atoms with E-state index in [1.54, 1.807) is 0 Å². The van der Waals surface area contributed by atoms with Crippen LogP contribution in [0.2, 0.25) is 0 Å². The minimum Gasteiger partial charge on any atom is -0.496 e. The number of hydrogen-bond acceptors (Lipinski definition) is 3. The van der Waals surface area contributed by atoms with E-state index in [1.165, 1.54) is 38.2 Å². The molecule has 0 aromatic heterocycles. The molecule has 1 fully saturated rings. The van der Waals surface area contributed by atoms with Crippen LogP contribution in [0.4, 0.5) is 4.39 Å². The van der Waals surface area contributed by atoms with Gasteiger partial charge in [0, 0.05) is 6.04 Å². The Morgan fingerprint density at radius 3 is 2.86 bits per heavy atom. The van der Waals surface area contributed by atoms with Gasteiger partial charge in [0.25, 0.3) is 0 Å². The minimum atomic E-state index is -0.409. The van der Waals surface area contributed by atoms with E-state index in [0.717, 1.165) is 12.8 Å². The average Bonchev–Trinajstić information content (AvgIpc) is 2.47. The van der Waals surface area contributed by atoms with Crippen molar-refractivity contribution in [3.63, 3.8) is 0 Å². The van der Waals surface area contributed by atoms with Gasteiger partial charge in [-0.3, -0.25) is 9.69 Å². The van der Waals surface area contributed by atoms with Gasteiger partial charge in [0.2, 0.25) is 0 Å². The van der Waals surface area contributed by atoms with E-state index in [1.807, 2.05) is 7.05 Å². The highest BCUT2D eigenvalue weighted by Gasteiger charge is 2.24. The van der Waals surface area contributed by atoms with Gasteiger partial charge in [0.15, 0.2) is 5.78 Å². The smallest absolute Gasteiger partial charge is 0.180 e. The molecule has 116 valence electrons. The molecule has 1 aliphatic rings. The number of hydrogen-bond donors (Lipinski definition) is 0. The van der Waals surface area contributed by atoms with Gasteiger partial charge >= 0.3 is 0 Å². The summed E-state index contributed by atoms with van der Waals surface area (Å²) in [7, 11) is 3.48. The maximum absolute atomic E-state index is 13.4. The molecule has 1 aromatic carbocycles. The molecule has 0 N–H and O–H groups in total. The molecule has 2 unspecified atom stereocenters. The van der Waals surface area contributed by atoms with Crippen molar-refractivity contribution in [1.82, 2.24) is 4.90 Å². The van der Waals surface area contributed by atoms with Crippen molar-refractivity contribution in [2.45, 2.75) is 38.6 Å². The fraction of sp³-hybridized carbons (Fsp3) is 0.588. The first-order valence-electron chi connectivity index (χ1n) is 7.58. The fourth-order valence-corrected chi connectivity index (χ4v) is 3.14. The molecule has 4 heteroatoms. The van der Waals surface area contributed by atoms with Gasteiger partial charge in [-0.05, 0) is 44.0 Å². The molecule has 1 aliphatic carbocycles. The highest BCUT2D eigenvalue weighted by Crippen LogP contribution is 2.27. The number of carbonyl (C=O) groups excluding carboxylic acids is 1. The molecule has 0 saturated heterocycles. The Morgan fingerprint density at radius 2 is 2.19 bits per heavy atom. The van der Waals surface area contributed by atoms with Crippen LogP contribution in [0.3, 0.4) is 0 Å². The van der Waals surface area contributed by atoms with E-state index >= 15 is 0 Å². The van der Waals surface area contributed by atoms with Crippen molar-refractivity contribution in [2.24, 2.45) is 5.92 Å². The van der Waals surface area contributed by atoms with Crippen LogP contribution in [0.15, 0.2) is 18.2 Å². The monoisotopic (exact) mass is 293 g/mol. The molecule has 0 radical (unpaired) electrons. The van der Waals surface area contributed by atoms with Crippen molar-refractivity contribution in [3.8, 4) is 5.75 Å². The number of ketones is 1. The Morgan fingerprint density at radius 1 is 1.43 bits per heavy atom. The first-order chi connectivity index (χ1) is 10.0. The summed E-state index contributed by atoms with van der Waals surface area (Å²) in [5, 5.41) is 0. The van der Waals surface area contributed by atoms with Crippen LogP contribution < -0.4 is 4.74 Å². The van der Waals surface area contributed by atoms with Crippen LogP contribution in [0, 0.1) is 11.7 Å². The summed E-state index contributed by atoms with van der Waals surface area (Å²) < 4.78 is 18.5. The van der Waals surface area contributed by atoms with Crippen molar-refractivity contribution in [3.05, 3.63) is 29.6 Å². The molecule has 2 atom stereocenters. The zero-order valence-electron chi connectivity index (χ0n) is 13.1. The standard InChI is InChI=1S/C17H24FNO2/c1-12-5-4-6-14(9-12)19(2)11-16(20)15-10-13(18)7-8-17(15)21-3/h7-8,10,12,14H,4-6,9,11H2,1-3H3. The van der Waals surface area contributed by atoms with Crippen LogP contribution in [0.1, 0.15) is 43.0 Å². The largest absolute Gasteiger partial charge is 0.496 e. The van der Waals surface area contributed by atoms with Gasteiger partial charge < -0.3 is 4.74 Å². The number of nitrogens with zero attached hydrogens (tertiary/aromatic N) is 1. The van der Waals surface area contributed by atoms with Gasteiger partial charge in [-0.25, -0.2) is 4.39 Å². The van der Waals surface area contributed by atoms with Crippen molar-refractivity contribution < 1.29 is 13.9 Å². The summed E-state index contributed by atoms with van der Waals surface area (Å²) in [4.78, 5) is 14.5. The van der Waals surface area contributed by atoms with Gasteiger partial charge in [-0.1, -0.05) is 19.8 Å². The number of ether oxygens (including phenoxy) is 1. The van der Waals surface area contributed by atoms with Crippen LogP contribution in [0.25, 0.3) is 0 Å². The Kier molecular flexibility index (Phi) is 5.34. The second kappa shape index (κ2) is 7.03. The Hall–Kier alpha value is -1.42. The maximum atomic E-state index is 13.4. The van der Waals surface area contributed by atoms with E-state index < -0.39 is 5.82 Å². The van der Waals surface area contributed by atoms with E-state index in [2.05, 4.69) is 11.8 Å². The highest BCUT2D eigenvalue weighted by molar-refractivity contribution is 6.00. The number of rotatable bonds is 5. The van der Waals surface area contributed by atoms with E-state index in [9.17, 15) is 9.18 Å². The first kappa shape index (κ1) is 16.0. The van der Waals surface area contributed by atoms with Crippen LogP contribution in [-0.4, -0.2) is 37.4 Å². The second-order valence-corrected chi connectivity index (χ2v) is 6.11. The molecule has 0 aliphatic heterocycles. The number of benzene rings is 1. The fourth-order valence-electron chi connectivity index (χ4n) is 3.14. The van der Waals surface area contributed by atoms with E-state index in [-0.39, 0.29) is 5.78 Å². The normalized spacial score (nSPS) is 22.3. The Balaban J connectivity index is 2.05. The second-order valence-electron chi connectivity index (χ2n) is 6.11. The molecule has 1 saturated carbocycles. The maximum Gasteiger partial charge on any atom is 0.180 e. The Labute approximate surface area is 126 Å². The third kappa shape index (κ3) is 4.03. The van der Waals surface area contributed by atoms with Gasteiger partial charge in [-0.2, -0.15) is 0 Å². The van der Waals surface area contributed by atoms with Gasteiger partial charge in [0.05, 0.1) is 19.2 Å². The lowest BCUT2D eigenvalue weighted by molar-refractivity contribution is 0.0879. The molecular weight excluding hydrogens is 269 g/mol. The lowest BCUT2D eigenvalue weighted by atomic mass is 9.86. The summed E-state index contributed by atoms with van der Waals surface area (Å²) in [6, 6.07) is 4.52. The van der Waals surface area contributed by atoms with Gasteiger partial charge in [-0.15, -0.1) is 0 Å². The van der Waals surface area contributed by atoms with Crippen molar-refractivity contribution in [2.75, 3.05) is 20.7 Å². The van der Waals surface area contributed by atoms with Crippen LogP contribution >= 0.6 is 0 Å². The number of halogens is 1. The minimum absolute atomic E-state index is 0.0907. The Bertz CT molecular complexity index is 504. The third-order valence-corrected chi connectivity index (χ3v) is 4.39. The summed E-state index contributed by atoms with van der Waals surface area (Å²) in [5.41, 5.74) is 0.327. The molecular formula is C17H24FNO2. The lowest BCUT2D eigenvalue weighted by Crippen LogP contribution is -2.38. The number of methoxy groups -OCH3 is 1. The van der Waals surface area contributed by atoms with E-state index in [4.69, 9.17) is 4.74 Å².